The van der Waals surface area contributed by atoms with Crippen molar-refractivity contribution in [1.82, 2.24) is 5.32 Å². The summed E-state index contributed by atoms with van der Waals surface area (Å²) in [5, 5.41) is 11.8. The summed E-state index contributed by atoms with van der Waals surface area (Å²) in [6.45, 7) is 0. The minimum absolute atomic E-state index is 0.0996. The third-order valence-electron chi connectivity index (χ3n) is 4.56. The molecule has 2 saturated carbocycles. The Morgan fingerprint density at radius 2 is 1.81 bits per heavy atom. The summed E-state index contributed by atoms with van der Waals surface area (Å²) in [4.78, 5) is 22.7. The first kappa shape index (κ1) is 14.0. The monoisotopic (exact) mass is 291 g/mol. The van der Waals surface area contributed by atoms with Gasteiger partial charge in [-0.05, 0) is 49.3 Å². The number of carbonyl (C=O) groups is 2. The molecule has 3 rings (SSSR count). The van der Waals surface area contributed by atoms with E-state index in [2.05, 4.69) is 5.32 Å². The van der Waals surface area contributed by atoms with Crippen LogP contribution in [0.5, 0.6) is 0 Å². The summed E-state index contributed by atoms with van der Waals surface area (Å²) in [5.41, 5.74) is 1.10. The van der Waals surface area contributed by atoms with Crippen LogP contribution in [0, 0.1) is 17.7 Å². The fraction of sp³-hybridized carbons (Fsp3) is 0.500. The lowest BCUT2D eigenvalue weighted by Gasteiger charge is -2.13. The number of nitrogens with one attached hydrogen (secondary N) is 1. The molecule has 4 unspecified atom stereocenters. The van der Waals surface area contributed by atoms with Gasteiger partial charge in [0.05, 0.1) is 11.8 Å². The van der Waals surface area contributed by atoms with E-state index in [9.17, 15) is 14.0 Å². The molecular weight excluding hydrogens is 273 g/mol. The summed E-state index contributed by atoms with van der Waals surface area (Å²) in [7, 11) is 0. The molecule has 4 nitrogen and oxygen atoms in total. The molecule has 0 bridgehead atoms. The largest absolute Gasteiger partial charge is 0.481 e. The molecule has 112 valence electrons. The Morgan fingerprint density at radius 3 is 2.43 bits per heavy atom. The molecule has 0 heterocycles. The van der Waals surface area contributed by atoms with E-state index < -0.39 is 11.9 Å². The molecule has 4 atom stereocenters. The Hall–Kier alpha value is -1.91. The topological polar surface area (TPSA) is 66.4 Å². The molecule has 0 spiro atoms. The van der Waals surface area contributed by atoms with Crippen LogP contribution in [0.15, 0.2) is 24.3 Å². The van der Waals surface area contributed by atoms with Gasteiger partial charge in [-0.25, -0.2) is 4.39 Å². The van der Waals surface area contributed by atoms with Gasteiger partial charge in [-0.3, -0.25) is 9.59 Å². The highest BCUT2D eigenvalue weighted by atomic mass is 19.1. The van der Waals surface area contributed by atoms with Crippen LogP contribution in [0.2, 0.25) is 0 Å². The minimum Gasteiger partial charge on any atom is -0.481 e. The summed E-state index contributed by atoms with van der Waals surface area (Å²) >= 11 is 0. The summed E-state index contributed by atoms with van der Waals surface area (Å²) in [5.74, 6) is -1.77. The maximum Gasteiger partial charge on any atom is 0.307 e. The third kappa shape index (κ3) is 3.06. The Kier molecular flexibility index (Phi) is 3.66. The number of rotatable bonds is 4. The van der Waals surface area contributed by atoms with Gasteiger partial charge in [-0.15, -0.1) is 0 Å². The van der Waals surface area contributed by atoms with Gasteiger partial charge in [0.2, 0.25) is 5.91 Å². The molecule has 2 N–H and O–H groups in total. The van der Waals surface area contributed by atoms with Crippen molar-refractivity contribution in [3.8, 4) is 0 Å². The van der Waals surface area contributed by atoms with Gasteiger partial charge in [0.25, 0.3) is 0 Å². The van der Waals surface area contributed by atoms with E-state index in [1.54, 1.807) is 12.1 Å². The zero-order chi connectivity index (χ0) is 15.0. The van der Waals surface area contributed by atoms with Crippen LogP contribution >= 0.6 is 0 Å². The van der Waals surface area contributed by atoms with E-state index in [1.165, 1.54) is 12.1 Å². The van der Waals surface area contributed by atoms with Crippen molar-refractivity contribution in [1.29, 1.82) is 0 Å². The van der Waals surface area contributed by atoms with Crippen molar-refractivity contribution in [2.24, 2.45) is 11.8 Å². The molecule has 1 amide bonds. The highest BCUT2D eigenvalue weighted by molar-refractivity contribution is 5.89. The maximum atomic E-state index is 12.9. The van der Waals surface area contributed by atoms with E-state index in [-0.39, 0.29) is 23.7 Å². The second-order valence-electron chi connectivity index (χ2n) is 6.05. The van der Waals surface area contributed by atoms with Gasteiger partial charge in [-0.2, -0.15) is 0 Å². The highest BCUT2D eigenvalue weighted by Gasteiger charge is 2.48. The molecule has 2 fully saturated rings. The predicted molar refractivity (Wildman–Crippen MR) is 74.2 cm³/mol. The second kappa shape index (κ2) is 5.47. The van der Waals surface area contributed by atoms with E-state index in [0.29, 0.717) is 12.3 Å². The van der Waals surface area contributed by atoms with Crippen molar-refractivity contribution in [2.75, 3.05) is 0 Å². The van der Waals surface area contributed by atoms with Crippen LogP contribution in [0.1, 0.15) is 37.2 Å². The van der Waals surface area contributed by atoms with E-state index in [1.807, 2.05) is 0 Å². The van der Waals surface area contributed by atoms with Crippen molar-refractivity contribution < 1.29 is 19.1 Å². The Balaban J connectivity index is 1.52. The zero-order valence-electron chi connectivity index (χ0n) is 11.6. The number of hydrogen-bond acceptors (Lipinski definition) is 2. The third-order valence-corrected chi connectivity index (χ3v) is 4.56. The van der Waals surface area contributed by atoms with Crippen molar-refractivity contribution in [3.63, 3.8) is 0 Å². The van der Waals surface area contributed by atoms with Crippen LogP contribution in [0.25, 0.3) is 0 Å². The van der Waals surface area contributed by atoms with Gasteiger partial charge in [0.1, 0.15) is 5.82 Å². The quantitative estimate of drug-likeness (QED) is 0.894. The van der Waals surface area contributed by atoms with Gasteiger partial charge >= 0.3 is 5.97 Å². The number of benzene rings is 1. The lowest BCUT2D eigenvalue weighted by molar-refractivity contribution is -0.140. The Bertz CT molecular complexity index is 557. The predicted octanol–water partition coefficient (Wildman–Crippen LogP) is 2.30. The Morgan fingerprint density at radius 1 is 1.10 bits per heavy atom. The average Bonchev–Trinajstić information content (AvgIpc) is 3.14. The first-order valence-corrected chi connectivity index (χ1v) is 7.33. The standard InChI is InChI=1S/C16H18FNO3/c17-11-4-1-9(2-5-11)10-3-6-12(7-10)18-15(19)13-8-14(13)16(20)21/h1-2,4-5,10,12-14H,3,6-8H2,(H,18,19)(H,20,21). The first-order valence-electron chi connectivity index (χ1n) is 7.33. The number of carboxylic acid groups (broad SMARTS) is 1. The number of amides is 1. The lowest BCUT2D eigenvalue weighted by atomic mass is 9.97. The van der Waals surface area contributed by atoms with Crippen molar-refractivity contribution in [3.05, 3.63) is 35.6 Å². The molecule has 1 aromatic carbocycles. The fourth-order valence-corrected chi connectivity index (χ4v) is 3.22. The summed E-state index contributed by atoms with van der Waals surface area (Å²) < 4.78 is 12.9. The molecule has 0 saturated heterocycles. The number of aliphatic carboxylic acids is 1. The van der Waals surface area contributed by atoms with Crippen LogP contribution in [-0.2, 0) is 9.59 Å². The average molecular weight is 291 g/mol. The number of carbonyl (C=O) groups excluding carboxylic acids is 1. The Labute approximate surface area is 122 Å². The van der Waals surface area contributed by atoms with Crippen LogP contribution in [0.3, 0.4) is 0 Å². The van der Waals surface area contributed by atoms with Crippen molar-refractivity contribution >= 4 is 11.9 Å². The number of hydrogen-bond donors (Lipinski definition) is 2. The second-order valence-corrected chi connectivity index (χ2v) is 6.05. The van der Waals surface area contributed by atoms with E-state index in [4.69, 9.17) is 5.11 Å². The normalized spacial score (nSPS) is 30.9. The number of halogens is 1. The van der Waals surface area contributed by atoms with Crippen LogP contribution < -0.4 is 5.32 Å². The van der Waals surface area contributed by atoms with Crippen molar-refractivity contribution in [2.45, 2.75) is 37.6 Å². The molecule has 21 heavy (non-hydrogen) atoms. The van der Waals surface area contributed by atoms with Gasteiger partial charge in [-0.1, -0.05) is 12.1 Å². The fourth-order valence-electron chi connectivity index (χ4n) is 3.22. The van der Waals surface area contributed by atoms with Crippen LogP contribution in [-0.4, -0.2) is 23.0 Å². The molecular formula is C16H18FNO3. The van der Waals surface area contributed by atoms with Crippen LogP contribution in [0.4, 0.5) is 4.39 Å². The van der Waals surface area contributed by atoms with E-state index >= 15 is 0 Å². The molecule has 2 aliphatic carbocycles. The summed E-state index contributed by atoms with van der Waals surface area (Å²) in [6, 6.07) is 6.62. The molecule has 1 aromatic rings. The molecule has 0 aliphatic heterocycles. The molecule has 0 radical (unpaired) electrons. The first-order chi connectivity index (χ1) is 10.0. The summed E-state index contributed by atoms with van der Waals surface area (Å²) in [6.07, 6.45) is 3.14. The van der Waals surface area contributed by atoms with E-state index in [0.717, 1.165) is 24.8 Å². The smallest absolute Gasteiger partial charge is 0.307 e. The minimum atomic E-state index is -0.884. The zero-order valence-corrected chi connectivity index (χ0v) is 11.6. The lowest BCUT2D eigenvalue weighted by Crippen LogP contribution is -2.34. The molecule has 2 aliphatic rings. The number of carboxylic acids is 1. The van der Waals surface area contributed by atoms with Gasteiger partial charge in [0, 0.05) is 6.04 Å². The molecule has 5 heteroatoms. The van der Waals surface area contributed by atoms with Gasteiger partial charge < -0.3 is 10.4 Å². The highest BCUT2D eigenvalue weighted by Crippen LogP contribution is 2.40. The SMILES string of the molecule is O=C(O)C1CC1C(=O)NC1CCC(c2ccc(F)cc2)C1. The van der Waals surface area contributed by atoms with Gasteiger partial charge in [0.15, 0.2) is 0 Å². The molecule has 0 aromatic heterocycles. The maximum absolute atomic E-state index is 12.9.